The topological polar surface area (TPSA) is 34.1 Å². The minimum absolute atomic E-state index is 0.120. The lowest BCUT2D eigenvalue weighted by Crippen LogP contribution is -2.70. The molecule has 32 heavy (non-hydrogen) atoms. The Bertz CT molecular complexity index is 1140. The van der Waals surface area contributed by atoms with Gasteiger partial charge < -0.3 is 0 Å². The highest BCUT2D eigenvalue weighted by Crippen LogP contribution is 2.65. The summed E-state index contributed by atoms with van der Waals surface area (Å²) in [7, 11) is 0. The maximum absolute atomic E-state index is 17.0. The number of halogens is 2. The number of fused-ring (bicyclic) bond motifs is 1. The summed E-state index contributed by atoms with van der Waals surface area (Å²) in [5, 5.41) is 0. The van der Waals surface area contributed by atoms with Crippen LogP contribution in [0.1, 0.15) is 25.0 Å². The van der Waals surface area contributed by atoms with Crippen molar-refractivity contribution in [1.29, 1.82) is 0 Å². The van der Waals surface area contributed by atoms with Crippen LogP contribution in [0.3, 0.4) is 0 Å². The number of hydrogen-bond acceptors (Lipinski definition) is 2. The van der Waals surface area contributed by atoms with Gasteiger partial charge in [0.05, 0.1) is 0 Å². The Labute approximate surface area is 187 Å². The number of alkyl halides is 2. The first-order valence-electron chi connectivity index (χ1n) is 11.1. The Morgan fingerprint density at radius 1 is 0.844 bits per heavy atom. The molecule has 2 bridgehead atoms. The first kappa shape index (κ1) is 21.0. The van der Waals surface area contributed by atoms with Crippen LogP contribution in [-0.2, 0) is 22.4 Å². The van der Waals surface area contributed by atoms with Gasteiger partial charge in [0.1, 0.15) is 0 Å². The van der Waals surface area contributed by atoms with Crippen molar-refractivity contribution in [1.82, 2.24) is 0 Å². The van der Waals surface area contributed by atoms with Gasteiger partial charge >= 0.3 is 0 Å². The molecule has 164 valence electrons. The maximum atomic E-state index is 17.0. The number of carbonyl (C=O) groups is 2. The number of hydrogen-bond donors (Lipinski definition) is 0. The van der Waals surface area contributed by atoms with Gasteiger partial charge in [-0.25, -0.2) is 8.78 Å². The van der Waals surface area contributed by atoms with Crippen molar-refractivity contribution < 1.29 is 18.4 Å². The SMILES string of the molecule is CC1=C[C@H]2C(=O)[C@@](F)(Cc3ccccc3)[C@@H]1[C@@H]1[C@@]2(C)C=CC(=O)[C@@]1(F)Cc1ccccc1. The number of ketones is 2. The second-order valence-corrected chi connectivity index (χ2v) is 9.82. The zero-order chi connectivity index (χ0) is 22.7. The highest BCUT2D eigenvalue weighted by molar-refractivity contribution is 6.02. The summed E-state index contributed by atoms with van der Waals surface area (Å²) in [6.07, 6.45) is 4.47. The fraction of sp³-hybridized carbons (Fsp3) is 0.357. The molecule has 2 nitrogen and oxygen atoms in total. The third kappa shape index (κ3) is 2.81. The molecule has 1 fully saturated rings. The van der Waals surface area contributed by atoms with Crippen molar-refractivity contribution in [2.75, 3.05) is 0 Å². The minimum atomic E-state index is -2.29. The number of carbonyl (C=O) groups excluding carboxylic acids is 2. The van der Waals surface area contributed by atoms with Crippen molar-refractivity contribution in [2.24, 2.45) is 23.2 Å². The van der Waals surface area contributed by atoms with E-state index in [4.69, 9.17) is 0 Å². The summed E-state index contributed by atoms with van der Waals surface area (Å²) in [5.74, 6) is -3.92. The minimum Gasteiger partial charge on any atom is -0.295 e. The van der Waals surface area contributed by atoms with E-state index in [0.717, 1.165) is 0 Å². The Hall–Kier alpha value is -2.88. The second-order valence-electron chi connectivity index (χ2n) is 9.82. The van der Waals surface area contributed by atoms with Gasteiger partial charge in [0.25, 0.3) is 0 Å². The van der Waals surface area contributed by atoms with E-state index < -0.39 is 46.1 Å². The molecule has 0 unspecified atom stereocenters. The van der Waals surface area contributed by atoms with Crippen molar-refractivity contribution >= 4 is 11.6 Å². The van der Waals surface area contributed by atoms with E-state index in [1.807, 2.05) is 12.1 Å². The van der Waals surface area contributed by atoms with Crippen LogP contribution in [0.25, 0.3) is 0 Å². The van der Waals surface area contributed by atoms with Crippen LogP contribution in [0.5, 0.6) is 0 Å². The molecule has 0 N–H and O–H groups in total. The molecule has 0 saturated heterocycles. The van der Waals surface area contributed by atoms with Crippen molar-refractivity contribution in [3.8, 4) is 0 Å². The molecule has 4 aliphatic rings. The third-order valence-corrected chi connectivity index (χ3v) is 7.88. The summed E-state index contributed by atoms with van der Waals surface area (Å²) in [6.45, 7) is 3.58. The summed E-state index contributed by atoms with van der Waals surface area (Å²) in [4.78, 5) is 26.6. The smallest absolute Gasteiger partial charge is 0.193 e. The van der Waals surface area contributed by atoms with Gasteiger partial charge in [0.2, 0.25) is 0 Å². The van der Waals surface area contributed by atoms with E-state index in [1.165, 1.54) is 6.08 Å². The lowest BCUT2D eigenvalue weighted by Gasteiger charge is -2.61. The zero-order valence-electron chi connectivity index (χ0n) is 18.2. The van der Waals surface area contributed by atoms with Crippen LogP contribution in [0.4, 0.5) is 8.78 Å². The van der Waals surface area contributed by atoms with Crippen LogP contribution in [0, 0.1) is 23.2 Å². The molecule has 0 aromatic heterocycles. The van der Waals surface area contributed by atoms with Gasteiger partial charge in [-0.05, 0) is 24.1 Å². The Balaban J connectivity index is 1.66. The highest BCUT2D eigenvalue weighted by atomic mass is 19.1. The second kappa shape index (κ2) is 7.06. The van der Waals surface area contributed by atoms with Gasteiger partial charge in [-0.3, -0.25) is 9.59 Å². The molecule has 0 heterocycles. The first-order valence-corrected chi connectivity index (χ1v) is 11.1. The van der Waals surface area contributed by atoms with Crippen LogP contribution in [-0.4, -0.2) is 22.9 Å². The molecule has 0 aliphatic heterocycles. The quantitative estimate of drug-likeness (QED) is 0.604. The van der Waals surface area contributed by atoms with Crippen molar-refractivity contribution in [3.05, 3.63) is 95.6 Å². The summed E-state index contributed by atoms with van der Waals surface area (Å²) >= 11 is 0. The van der Waals surface area contributed by atoms with Crippen LogP contribution < -0.4 is 0 Å². The molecule has 1 saturated carbocycles. The van der Waals surface area contributed by atoms with Crippen LogP contribution in [0.2, 0.25) is 0 Å². The molecule has 0 amide bonds. The largest absolute Gasteiger partial charge is 0.295 e. The fourth-order valence-corrected chi connectivity index (χ4v) is 6.45. The van der Waals surface area contributed by atoms with E-state index >= 15 is 8.78 Å². The monoisotopic (exact) mass is 432 g/mol. The molecule has 4 heteroatoms. The lowest BCUT2D eigenvalue weighted by atomic mass is 9.42. The van der Waals surface area contributed by atoms with E-state index in [0.29, 0.717) is 16.7 Å². The third-order valence-electron chi connectivity index (χ3n) is 7.88. The molecular formula is C28H26F2O2. The Kier molecular flexibility index (Phi) is 4.63. The highest BCUT2D eigenvalue weighted by Gasteiger charge is 2.72. The van der Waals surface area contributed by atoms with Gasteiger partial charge in [0.15, 0.2) is 22.9 Å². The average Bonchev–Trinajstić information content (AvgIpc) is 2.77. The number of Topliss-reactive ketones (excluding diaryl/α,β-unsaturated/α-hetero) is 1. The maximum Gasteiger partial charge on any atom is 0.193 e. The van der Waals surface area contributed by atoms with Crippen LogP contribution >= 0.6 is 0 Å². The molecule has 6 rings (SSSR count). The molecule has 2 aromatic carbocycles. The average molecular weight is 433 g/mol. The predicted octanol–water partition coefficient (Wildman–Crippen LogP) is 5.42. The molecular weight excluding hydrogens is 406 g/mol. The molecule has 6 atom stereocenters. The van der Waals surface area contributed by atoms with E-state index in [1.54, 1.807) is 74.5 Å². The van der Waals surface area contributed by atoms with E-state index in [9.17, 15) is 9.59 Å². The zero-order valence-corrected chi connectivity index (χ0v) is 18.2. The molecule has 0 spiro atoms. The van der Waals surface area contributed by atoms with E-state index in [2.05, 4.69) is 0 Å². The summed E-state index contributed by atoms with van der Waals surface area (Å²) in [5.41, 5.74) is -3.47. The molecule has 2 aromatic rings. The predicted molar refractivity (Wildman–Crippen MR) is 119 cm³/mol. The van der Waals surface area contributed by atoms with Crippen molar-refractivity contribution in [3.63, 3.8) is 0 Å². The van der Waals surface area contributed by atoms with Gasteiger partial charge in [-0.15, -0.1) is 0 Å². The van der Waals surface area contributed by atoms with Gasteiger partial charge in [-0.1, -0.05) is 85.3 Å². The molecule has 0 radical (unpaired) electrons. The van der Waals surface area contributed by atoms with Gasteiger partial charge in [-0.2, -0.15) is 0 Å². The Morgan fingerprint density at radius 2 is 1.38 bits per heavy atom. The Morgan fingerprint density at radius 3 is 1.94 bits per heavy atom. The van der Waals surface area contributed by atoms with E-state index in [-0.39, 0.29) is 12.8 Å². The summed E-state index contributed by atoms with van der Waals surface area (Å²) < 4.78 is 33.8. The lowest BCUT2D eigenvalue weighted by molar-refractivity contribution is -0.173. The number of rotatable bonds is 4. The number of benzene rings is 2. The summed E-state index contributed by atoms with van der Waals surface area (Å²) in [6, 6.07) is 18.0. The molecule has 4 aliphatic carbocycles. The fourth-order valence-electron chi connectivity index (χ4n) is 6.45. The normalized spacial score (nSPS) is 37.9. The van der Waals surface area contributed by atoms with Crippen molar-refractivity contribution in [2.45, 2.75) is 38.0 Å². The van der Waals surface area contributed by atoms with Gasteiger partial charge in [0, 0.05) is 36.0 Å². The standard InChI is InChI=1S/C28H26F2O2/c1-18-15-21-25(32)28(30,17-20-11-7-4-8-12-20)23(18)24-26(21,2)14-13-22(31)27(24,29)16-19-9-5-3-6-10-19/h3-15,21,23-24H,16-17H2,1-2H3/t21-,23-,24+,26-,27-,28+/m0/s1. The number of allylic oxidation sites excluding steroid dienone is 4. The first-order chi connectivity index (χ1) is 15.2. The van der Waals surface area contributed by atoms with Crippen LogP contribution in [0.15, 0.2) is 84.5 Å².